The van der Waals surface area contributed by atoms with Gasteiger partial charge in [-0.05, 0) is 86.3 Å². The number of fused-ring (bicyclic) bond motifs is 6. The lowest BCUT2D eigenvalue weighted by Gasteiger charge is -2.47. The molecular weight excluding hydrogens is 806 g/mol. The third-order valence-electron chi connectivity index (χ3n) is 15.3. The number of hydrogen-bond donors (Lipinski definition) is 2. The first-order valence-corrected chi connectivity index (χ1v) is 23.2. The molecule has 10 saturated heterocycles. The number of ketones is 1. The van der Waals surface area contributed by atoms with Crippen LogP contribution >= 0.6 is 11.6 Å². The SMILES string of the molecule is C=C1C[C@@H]2CC[C@@]34C[C@@H]5O[C@@H]6C(O[C@H]7CC[C@H](CC(=O)C[C@@H]8[C@@H](OC)[C@@H](C[C@H](O)CNC(=O)c9ccc(Cl)cc9)O[C@H]8C[C@H]8O[C@@H](CC[C@@H]1O2)C[C@@H](C)C8=C)O[C@@H]7[C@@H]6O3)[C@H]5O4. The van der Waals surface area contributed by atoms with Gasteiger partial charge in [-0.15, -0.1) is 0 Å². The molecule has 11 rings (SSSR count). The molecule has 13 nitrogen and oxygen atoms in total. The summed E-state index contributed by atoms with van der Waals surface area (Å²) < 4.78 is 60.5. The van der Waals surface area contributed by atoms with Crippen molar-refractivity contribution in [2.24, 2.45) is 11.8 Å². The van der Waals surface area contributed by atoms with E-state index in [-0.39, 0.29) is 123 Å². The highest BCUT2D eigenvalue weighted by molar-refractivity contribution is 6.30. The van der Waals surface area contributed by atoms with Gasteiger partial charge in [0.25, 0.3) is 5.91 Å². The molecule has 0 saturated carbocycles. The lowest BCUT2D eigenvalue weighted by atomic mass is 9.81. The minimum absolute atomic E-state index is 0.00391. The van der Waals surface area contributed by atoms with Crippen LogP contribution in [0.5, 0.6) is 0 Å². The summed E-state index contributed by atoms with van der Waals surface area (Å²) in [5.74, 6) is -1.15. The van der Waals surface area contributed by atoms with Crippen LogP contribution in [-0.4, -0.2) is 134 Å². The first-order valence-electron chi connectivity index (χ1n) is 22.8. The minimum atomic E-state index is -0.927. The number of benzene rings is 1. The average molecular weight is 868 g/mol. The zero-order valence-corrected chi connectivity index (χ0v) is 36.1. The molecule has 2 N–H and O–H groups in total. The normalized spacial score (nSPS) is 46.2. The van der Waals surface area contributed by atoms with Crippen LogP contribution in [0.2, 0.25) is 5.02 Å². The number of carbonyl (C=O) groups is 2. The van der Waals surface area contributed by atoms with E-state index in [1.54, 1.807) is 31.4 Å². The fourth-order valence-electron chi connectivity index (χ4n) is 12.2. The molecule has 0 aromatic heterocycles. The maximum Gasteiger partial charge on any atom is 0.251 e. The Labute approximate surface area is 363 Å². The van der Waals surface area contributed by atoms with Gasteiger partial charge in [-0.2, -0.15) is 0 Å². The highest BCUT2D eigenvalue weighted by atomic mass is 35.5. The molecule has 1 spiro atoms. The summed E-state index contributed by atoms with van der Waals surface area (Å²) in [5, 5.41) is 14.6. The van der Waals surface area contributed by atoms with Crippen molar-refractivity contribution in [1.29, 1.82) is 0 Å². The Morgan fingerprint density at radius 1 is 0.836 bits per heavy atom. The first-order chi connectivity index (χ1) is 29.4. The van der Waals surface area contributed by atoms with Gasteiger partial charge < -0.3 is 53.1 Å². The number of nitrogens with one attached hydrogen (secondary N) is 1. The number of halogens is 1. The van der Waals surface area contributed by atoms with E-state index in [2.05, 4.69) is 25.4 Å². The third-order valence-corrected chi connectivity index (χ3v) is 15.6. The molecule has 1 aromatic carbocycles. The van der Waals surface area contributed by atoms with Crippen LogP contribution in [0.4, 0.5) is 0 Å². The number of ether oxygens (including phenoxy) is 9. The Balaban J connectivity index is 0.887. The molecule has 10 fully saturated rings. The van der Waals surface area contributed by atoms with E-state index >= 15 is 0 Å². The quantitative estimate of drug-likeness (QED) is 0.345. The molecule has 10 heterocycles. The number of aliphatic hydroxyl groups is 1. The molecule has 10 aliphatic heterocycles. The van der Waals surface area contributed by atoms with E-state index in [1.165, 1.54) is 0 Å². The van der Waals surface area contributed by atoms with Gasteiger partial charge in [0, 0.05) is 68.7 Å². The van der Waals surface area contributed by atoms with Gasteiger partial charge in [0.15, 0.2) is 5.79 Å². The number of amides is 1. The van der Waals surface area contributed by atoms with Gasteiger partial charge >= 0.3 is 0 Å². The maximum atomic E-state index is 14.3. The fourth-order valence-corrected chi connectivity index (χ4v) is 12.3. The Kier molecular flexibility index (Phi) is 12.1. The topological polar surface area (TPSA) is 149 Å². The van der Waals surface area contributed by atoms with E-state index < -0.39 is 30.2 Å². The summed E-state index contributed by atoms with van der Waals surface area (Å²) in [5.41, 5.74) is 2.58. The van der Waals surface area contributed by atoms with E-state index in [1.807, 2.05) is 0 Å². The molecule has 12 bridgehead atoms. The summed E-state index contributed by atoms with van der Waals surface area (Å²) in [6, 6.07) is 6.58. The number of methoxy groups -OCH3 is 1. The van der Waals surface area contributed by atoms with Crippen molar-refractivity contribution >= 4 is 23.3 Å². The number of Topliss-reactive ketones (excluding diaryl/α,β-unsaturated/α-hetero) is 1. The monoisotopic (exact) mass is 867 g/mol. The number of rotatable bonds is 6. The lowest BCUT2D eigenvalue weighted by molar-refractivity contribution is -0.292. The van der Waals surface area contributed by atoms with Crippen molar-refractivity contribution in [3.63, 3.8) is 0 Å². The largest absolute Gasteiger partial charge is 0.391 e. The van der Waals surface area contributed by atoms with Crippen molar-refractivity contribution in [2.45, 2.75) is 194 Å². The number of carbonyl (C=O) groups excluding carboxylic acids is 2. The maximum absolute atomic E-state index is 14.3. The summed E-state index contributed by atoms with van der Waals surface area (Å²) in [6.07, 6.45) is 3.31. The van der Waals surface area contributed by atoms with E-state index in [0.717, 1.165) is 49.7 Å². The van der Waals surface area contributed by atoms with Crippen molar-refractivity contribution in [1.82, 2.24) is 5.32 Å². The van der Waals surface area contributed by atoms with Gasteiger partial charge in [0.05, 0.1) is 67.1 Å². The minimum Gasteiger partial charge on any atom is -0.391 e. The summed E-state index contributed by atoms with van der Waals surface area (Å²) >= 11 is 6.01. The van der Waals surface area contributed by atoms with Gasteiger partial charge in [-0.25, -0.2) is 0 Å². The van der Waals surface area contributed by atoms with Gasteiger partial charge in [-0.3, -0.25) is 9.59 Å². The van der Waals surface area contributed by atoms with Crippen molar-refractivity contribution < 1.29 is 57.3 Å². The molecule has 19 atom stereocenters. The van der Waals surface area contributed by atoms with Gasteiger partial charge in [-0.1, -0.05) is 31.7 Å². The second kappa shape index (κ2) is 17.3. The highest BCUT2D eigenvalue weighted by Crippen LogP contribution is 2.54. The average Bonchev–Trinajstić information content (AvgIpc) is 3.92. The second-order valence-electron chi connectivity index (χ2n) is 19.4. The second-order valence-corrected chi connectivity index (χ2v) is 19.8. The standard InChI is InChI=1S/C47H62ClNO12/c1-23-15-30-9-11-34-24(2)16-32(54-34)13-14-47-21-39-42(60-47)43-44(59-39)45(61-47)41-35(58-43)12-10-31(56-41)17-28(50)18-33-37(20-36(55-30)25(23)3)57-38(40(33)53-4)19-29(51)22-49-46(52)26-5-7-27(48)8-6-26/h5-8,23,29-45,51H,2-3,9-22H2,1,4H3,(H,49,52)/t23-,29+,30+,31-,32+,33+,34+,35+,36-,37+,38-,39+,40-,41+,42+,43?,44-,45+,47+/m1/s1. The highest BCUT2D eigenvalue weighted by Gasteiger charge is 2.68. The van der Waals surface area contributed by atoms with Gasteiger partial charge in [0.2, 0.25) is 0 Å². The van der Waals surface area contributed by atoms with E-state index in [9.17, 15) is 14.7 Å². The molecule has 334 valence electrons. The van der Waals surface area contributed by atoms with Gasteiger partial charge in [0.1, 0.15) is 36.3 Å². The van der Waals surface area contributed by atoms with Crippen LogP contribution in [0.15, 0.2) is 48.6 Å². The molecule has 1 amide bonds. The molecule has 10 aliphatic rings. The molecule has 14 heteroatoms. The van der Waals surface area contributed by atoms with Crippen molar-refractivity contribution in [2.75, 3.05) is 13.7 Å². The van der Waals surface area contributed by atoms with Crippen molar-refractivity contribution in [3.8, 4) is 0 Å². The van der Waals surface area contributed by atoms with Crippen LogP contribution in [0, 0.1) is 11.8 Å². The smallest absolute Gasteiger partial charge is 0.251 e. The van der Waals surface area contributed by atoms with E-state index in [4.69, 9.17) is 54.2 Å². The Hall–Kier alpha value is -2.27. The first kappa shape index (κ1) is 42.7. The molecular formula is C47H62ClNO12. The summed E-state index contributed by atoms with van der Waals surface area (Å²) in [4.78, 5) is 27.1. The number of hydrogen-bond acceptors (Lipinski definition) is 12. The van der Waals surface area contributed by atoms with Crippen LogP contribution in [0.25, 0.3) is 0 Å². The summed E-state index contributed by atoms with van der Waals surface area (Å²) in [6.45, 7) is 11.2. The van der Waals surface area contributed by atoms with Crippen LogP contribution in [0.3, 0.4) is 0 Å². The predicted molar refractivity (Wildman–Crippen MR) is 221 cm³/mol. The molecule has 1 aromatic rings. The Bertz CT molecular complexity index is 1830. The van der Waals surface area contributed by atoms with Crippen LogP contribution in [0.1, 0.15) is 101 Å². The zero-order chi connectivity index (χ0) is 42.2. The molecule has 61 heavy (non-hydrogen) atoms. The predicted octanol–water partition coefficient (Wildman–Crippen LogP) is 5.56. The zero-order valence-electron chi connectivity index (χ0n) is 35.3. The Morgan fingerprint density at radius 3 is 2.39 bits per heavy atom. The van der Waals surface area contributed by atoms with E-state index in [0.29, 0.717) is 36.3 Å². The Morgan fingerprint density at radius 2 is 1.57 bits per heavy atom. The van der Waals surface area contributed by atoms with Crippen molar-refractivity contribution in [3.05, 3.63) is 59.2 Å². The summed E-state index contributed by atoms with van der Waals surface area (Å²) in [7, 11) is 1.63. The molecule has 0 radical (unpaired) electrons. The number of aliphatic hydroxyl groups excluding tert-OH is 1. The molecule has 0 aliphatic carbocycles. The van der Waals surface area contributed by atoms with Crippen LogP contribution < -0.4 is 5.32 Å². The third kappa shape index (κ3) is 8.44. The molecule has 1 unspecified atom stereocenters. The lowest BCUT2D eigenvalue weighted by Crippen LogP contribution is -2.61. The van der Waals surface area contributed by atoms with Crippen LogP contribution in [-0.2, 0) is 47.4 Å². The fraction of sp³-hybridized carbons (Fsp3) is 0.745.